The van der Waals surface area contributed by atoms with Gasteiger partial charge in [-0.15, -0.1) is 0 Å². The predicted octanol–water partition coefficient (Wildman–Crippen LogP) is 6.18. The number of aliphatic hydroxyl groups is 2. The van der Waals surface area contributed by atoms with E-state index < -0.39 is 24.0 Å². The Morgan fingerprint density at radius 3 is 2.21 bits per heavy atom. The van der Waals surface area contributed by atoms with Gasteiger partial charge in [0.2, 0.25) is 0 Å². The highest BCUT2D eigenvalue weighted by atomic mass is 19.1. The third-order valence-electron chi connectivity index (χ3n) is 7.72. The number of esters is 1. The number of methoxy groups -OCH3 is 3. The monoisotopic (exact) mass is 644 g/mol. The van der Waals surface area contributed by atoms with E-state index in [1.807, 2.05) is 54.8 Å². The molecule has 0 unspecified atom stereocenters. The smallest absolute Gasteiger partial charge is 0.308 e. The summed E-state index contributed by atoms with van der Waals surface area (Å²) in [5.74, 6) is -0.163. The highest BCUT2D eigenvalue weighted by Crippen LogP contribution is 2.42. The number of aromatic nitrogens is 1. The first-order chi connectivity index (χ1) is 22.6. The molecule has 0 saturated heterocycles. The van der Waals surface area contributed by atoms with Gasteiger partial charge in [-0.3, -0.25) is 9.59 Å². The van der Waals surface area contributed by atoms with Crippen LogP contribution in [0.25, 0.3) is 28.3 Å². The van der Waals surface area contributed by atoms with E-state index in [1.165, 1.54) is 25.3 Å². The summed E-state index contributed by atoms with van der Waals surface area (Å²) in [4.78, 5) is 25.9. The van der Waals surface area contributed by atoms with Gasteiger partial charge >= 0.3 is 5.97 Å². The predicted molar refractivity (Wildman–Crippen MR) is 179 cm³/mol. The molecule has 0 aliphatic heterocycles. The Balaban J connectivity index is 1.88. The number of carbonyl (C=O) groups is 2. The van der Waals surface area contributed by atoms with Crippen molar-refractivity contribution in [2.24, 2.45) is 0 Å². The van der Waals surface area contributed by atoms with Crippen molar-refractivity contribution in [2.45, 2.75) is 51.5 Å². The first-order valence-corrected chi connectivity index (χ1v) is 15.3. The lowest BCUT2D eigenvalue weighted by Gasteiger charge is -2.18. The first-order valence-electron chi connectivity index (χ1n) is 15.3. The van der Waals surface area contributed by atoms with Crippen LogP contribution in [-0.4, -0.2) is 60.2 Å². The number of benzene rings is 3. The Hall–Kier alpha value is -4.93. The summed E-state index contributed by atoms with van der Waals surface area (Å²) in [6, 6.07) is 20.6. The molecule has 0 bridgehead atoms. The molecule has 4 rings (SSSR count). The van der Waals surface area contributed by atoms with Crippen LogP contribution in [-0.2, 0) is 16.1 Å². The fourth-order valence-electron chi connectivity index (χ4n) is 5.50. The zero-order valence-corrected chi connectivity index (χ0v) is 27.2. The van der Waals surface area contributed by atoms with Crippen molar-refractivity contribution in [3.63, 3.8) is 0 Å². The molecule has 0 aliphatic carbocycles. The minimum atomic E-state index is -1.12. The largest absolute Gasteiger partial charge is 0.497 e. The number of hydrogen-bond donors (Lipinski definition) is 3. The Labute approximate surface area is 274 Å². The average molecular weight is 645 g/mol. The van der Waals surface area contributed by atoms with Crippen molar-refractivity contribution in [1.29, 1.82) is 0 Å². The van der Waals surface area contributed by atoms with E-state index in [0.29, 0.717) is 39.6 Å². The third kappa shape index (κ3) is 8.46. The van der Waals surface area contributed by atoms with Gasteiger partial charge in [-0.1, -0.05) is 48.5 Å². The molecule has 1 heterocycles. The molecule has 1 aromatic heterocycles. The van der Waals surface area contributed by atoms with E-state index in [0.717, 1.165) is 11.1 Å². The molecule has 248 valence electrons. The van der Waals surface area contributed by atoms with Gasteiger partial charge < -0.3 is 34.3 Å². The summed E-state index contributed by atoms with van der Waals surface area (Å²) < 4.78 is 31.5. The molecule has 3 N–H and O–H groups in total. The molecule has 9 nitrogen and oxygen atoms in total. The second-order valence-corrected chi connectivity index (χ2v) is 11.3. The van der Waals surface area contributed by atoms with Gasteiger partial charge in [-0.2, -0.15) is 0 Å². The van der Waals surface area contributed by atoms with Gasteiger partial charge in [-0.05, 0) is 55.3 Å². The van der Waals surface area contributed by atoms with Crippen molar-refractivity contribution >= 4 is 18.0 Å². The van der Waals surface area contributed by atoms with Crippen LogP contribution in [0.15, 0.2) is 78.9 Å². The van der Waals surface area contributed by atoms with Gasteiger partial charge in [0.05, 0.1) is 40.0 Å². The SMILES string of the molecule is COC(=O)C[C@H](O)C[C@H](O)C=Cc1c(-c2ccc(F)cc2)c(-c2ccccc2)c(C(=O)NCc2ccc(OC)cc2OC)n1C(C)C. The second-order valence-electron chi connectivity index (χ2n) is 11.3. The quantitative estimate of drug-likeness (QED) is 0.140. The zero-order chi connectivity index (χ0) is 34.1. The van der Waals surface area contributed by atoms with Crippen LogP contribution in [0.1, 0.15) is 54.5 Å². The van der Waals surface area contributed by atoms with Crippen molar-refractivity contribution in [3.05, 3.63) is 102 Å². The fraction of sp³-hybridized carbons (Fsp3) is 0.297. The Kier molecular flexibility index (Phi) is 11.9. The van der Waals surface area contributed by atoms with E-state index in [1.54, 1.807) is 44.6 Å². The van der Waals surface area contributed by atoms with Gasteiger partial charge in [0, 0.05) is 47.5 Å². The number of ether oxygens (including phenoxy) is 3. The lowest BCUT2D eigenvalue weighted by Crippen LogP contribution is -2.27. The van der Waals surface area contributed by atoms with Crippen molar-refractivity contribution in [3.8, 4) is 33.8 Å². The minimum Gasteiger partial charge on any atom is -0.497 e. The normalized spacial score (nSPS) is 12.6. The number of nitrogens with zero attached hydrogens (tertiary/aromatic N) is 1. The number of carbonyl (C=O) groups excluding carboxylic acids is 2. The van der Waals surface area contributed by atoms with E-state index in [2.05, 4.69) is 10.1 Å². The summed E-state index contributed by atoms with van der Waals surface area (Å²) >= 11 is 0. The molecule has 0 fully saturated rings. The summed E-state index contributed by atoms with van der Waals surface area (Å²) in [5.41, 5.74) is 4.44. The molecule has 0 aliphatic rings. The average Bonchev–Trinajstić information content (AvgIpc) is 3.42. The first kappa shape index (κ1) is 34.9. The van der Waals surface area contributed by atoms with Crippen molar-refractivity contribution < 1.29 is 38.4 Å². The number of halogens is 1. The molecule has 0 saturated carbocycles. The summed E-state index contributed by atoms with van der Waals surface area (Å²) in [6.45, 7) is 4.05. The van der Waals surface area contributed by atoms with Crippen LogP contribution in [0.3, 0.4) is 0 Å². The minimum absolute atomic E-state index is 0.109. The number of aliphatic hydroxyl groups excluding tert-OH is 2. The number of amides is 1. The standard InChI is InChI=1S/C37H41FN2O7/c1-23(2)40-31(18-16-28(41)19-29(42)20-33(43)47-5)34(25-11-14-27(38)15-12-25)35(24-9-7-6-8-10-24)36(40)37(44)39-22-26-13-17-30(45-3)21-32(26)46-4/h6-18,21,23,28-29,41-42H,19-20,22H2,1-5H3,(H,39,44)/t28-,29-/m1/s1. The van der Waals surface area contributed by atoms with E-state index >= 15 is 0 Å². The number of hydrogen-bond acceptors (Lipinski definition) is 7. The third-order valence-corrected chi connectivity index (χ3v) is 7.72. The van der Waals surface area contributed by atoms with Gasteiger partial charge in [0.15, 0.2) is 0 Å². The second kappa shape index (κ2) is 16.1. The highest BCUT2D eigenvalue weighted by Gasteiger charge is 2.29. The maximum Gasteiger partial charge on any atom is 0.308 e. The molecule has 47 heavy (non-hydrogen) atoms. The van der Waals surface area contributed by atoms with Crippen LogP contribution in [0.5, 0.6) is 11.5 Å². The van der Waals surface area contributed by atoms with Crippen LogP contribution in [0, 0.1) is 5.82 Å². The lowest BCUT2D eigenvalue weighted by atomic mass is 9.94. The molecule has 1 amide bonds. The summed E-state index contributed by atoms with van der Waals surface area (Å²) in [5, 5.41) is 24.2. The summed E-state index contributed by atoms with van der Waals surface area (Å²) in [6.07, 6.45) is 0.608. The van der Waals surface area contributed by atoms with Crippen molar-refractivity contribution in [2.75, 3.05) is 21.3 Å². The van der Waals surface area contributed by atoms with E-state index in [4.69, 9.17) is 9.47 Å². The lowest BCUT2D eigenvalue weighted by molar-refractivity contribution is -0.143. The molecule has 4 aromatic rings. The fourth-order valence-corrected chi connectivity index (χ4v) is 5.50. The molecule has 0 radical (unpaired) electrons. The molecular formula is C37H41FN2O7. The molecule has 0 spiro atoms. The molecule has 3 aromatic carbocycles. The van der Waals surface area contributed by atoms with Crippen molar-refractivity contribution in [1.82, 2.24) is 9.88 Å². The van der Waals surface area contributed by atoms with Gasteiger partial charge in [0.25, 0.3) is 5.91 Å². The Bertz CT molecular complexity index is 1700. The molecule has 10 heteroatoms. The van der Waals surface area contributed by atoms with E-state index in [-0.39, 0.29) is 31.3 Å². The van der Waals surface area contributed by atoms with Crippen LogP contribution < -0.4 is 14.8 Å². The highest BCUT2D eigenvalue weighted by molar-refractivity contribution is 6.06. The van der Waals surface area contributed by atoms with Crippen LogP contribution >= 0.6 is 0 Å². The molecular weight excluding hydrogens is 603 g/mol. The maximum atomic E-state index is 14.3. The number of nitrogens with one attached hydrogen (secondary N) is 1. The number of rotatable bonds is 14. The summed E-state index contributed by atoms with van der Waals surface area (Å²) in [7, 11) is 4.34. The Morgan fingerprint density at radius 2 is 1.60 bits per heavy atom. The van der Waals surface area contributed by atoms with Gasteiger partial charge in [0.1, 0.15) is 23.0 Å². The van der Waals surface area contributed by atoms with E-state index in [9.17, 15) is 24.2 Å². The molecule has 2 atom stereocenters. The zero-order valence-electron chi connectivity index (χ0n) is 27.2. The Morgan fingerprint density at radius 1 is 0.915 bits per heavy atom. The van der Waals surface area contributed by atoms with Crippen LogP contribution in [0.4, 0.5) is 4.39 Å². The van der Waals surface area contributed by atoms with Crippen LogP contribution in [0.2, 0.25) is 0 Å². The topological polar surface area (TPSA) is 119 Å². The van der Waals surface area contributed by atoms with Gasteiger partial charge in [-0.25, -0.2) is 4.39 Å². The maximum absolute atomic E-state index is 14.3.